The number of rotatable bonds is 1. The van der Waals surface area contributed by atoms with Crippen LogP contribution in [0.5, 0.6) is 5.75 Å². The Morgan fingerprint density at radius 1 is 1.10 bits per heavy atom. The maximum absolute atomic E-state index is 13.2. The largest absolute Gasteiger partial charge is 0.486 e. The van der Waals surface area contributed by atoms with Crippen LogP contribution in [0.15, 0.2) is 35.1 Å². The molecule has 0 bridgehead atoms. The van der Waals surface area contributed by atoms with Crippen molar-refractivity contribution >= 4 is 11.7 Å². The molecule has 1 saturated heterocycles. The summed E-state index contributed by atoms with van der Waals surface area (Å²) in [5.74, 6) is 0.490. The number of fused-ring (bicyclic) bond motifs is 1. The average molecular weight is 394 g/mol. The summed E-state index contributed by atoms with van der Waals surface area (Å²) >= 11 is 0. The summed E-state index contributed by atoms with van der Waals surface area (Å²) in [7, 11) is 1.68. The topological polar surface area (TPSA) is 68.6 Å². The van der Waals surface area contributed by atoms with Gasteiger partial charge in [-0.2, -0.15) is 0 Å². The van der Waals surface area contributed by atoms with E-state index in [1.54, 1.807) is 24.9 Å². The summed E-state index contributed by atoms with van der Waals surface area (Å²) in [6, 6.07) is 9.21. The molecule has 1 fully saturated rings. The Balaban J connectivity index is 1.58. The van der Waals surface area contributed by atoms with Crippen molar-refractivity contribution in [1.82, 2.24) is 9.47 Å². The zero-order valence-corrected chi connectivity index (χ0v) is 17.2. The summed E-state index contributed by atoms with van der Waals surface area (Å²) in [5.41, 5.74) is 1.56. The highest BCUT2D eigenvalue weighted by Gasteiger charge is 2.42. The van der Waals surface area contributed by atoms with E-state index in [1.807, 2.05) is 31.2 Å². The van der Waals surface area contributed by atoms with Crippen LogP contribution in [0.2, 0.25) is 0 Å². The number of carbonyl (C=O) groups is 2. The number of ketones is 1. The van der Waals surface area contributed by atoms with E-state index in [9.17, 15) is 14.4 Å². The molecule has 0 N–H and O–H groups in total. The second-order valence-electron chi connectivity index (χ2n) is 8.23. The van der Waals surface area contributed by atoms with E-state index >= 15 is 0 Å². The number of hydrogen-bond acceptors (Lipinski definition) is 4. The van der Waals surface area contributed by atoms with E-state index in [0.29, 0.717) is 49.2 Å². The third-order valence-corrected chi connectivity index (χ3v) is 6.26. The fourth-order valence-electron chi connectivity index (χ4n) is 4.49. The molecule has 1 unspecified atom stereocenters. The molecule has 1 aromatic carbocycles. The van der Waals surface area contributed by atoms with E-state index < -0.39 is 5.60 Å². The molecular formula is C23H26N2O4. The molecule has 0 aliphatic carbocycles. The summed E-state index contributed by atoms with van der Waals surface area (Å²) in [5, 5.41) is 0. The Kier molecular flexibility index (Phi) is 4.81. The highest BCUT2D eigenvalue weighted by Crippen LogP contribution is 2.39. The molecule has 0 saturated carbocycles. The smallest absolute Gasteiger partial charge is 0.263 e. The second kappa shape index (κ2) is 7.17. The predicted octanol–water partition coefficient (Wildman–Crippen LogP) is 3.03. The number of aryl methyl sites for hydroxylation is 2. The minimum Gasteiger partial charge on any atom is -0.486 e. The van der Waals surface area contributed by atoms with Crippen molar-refractivity contribution in [2.75, 3.05) is 13.1 Å². The molecular weight excluding hydrogens is 368 g/mol. The van der Waals surface area contributed by atoms with E-state index in [1.165, 1.54) is 4.57 Å². The first-order valence-electron chi connectivity index (χ1n) is 10.1. The van der Waals surface area contributed by atoms with Crippen LogP contribution in [0.1, 0.15) is 57.7 Å². The van der Waals surface area contributed by atoms with Crippen LogP contribution in [0.3, 0.4) is 0 Å². The van der Waals surface area contributed by atoms with Gasteiger partial charge in [0.2, 0.25) is 0 Å². The quantitative estimate of drug-likeness (QED) is 0.746. The highest BCUT2D eigenvalue weighted by atomic mass is 16.5. The lowest BCUT2D eigenvalue weighted by Crippen LogP contribution is -2.43. The van der Waals surface area contributed by atoms with Crippen LogP contribution in [-0.2, 0) is 7.05 Å². The SMILES string of the molecule is Cc1cc(C)n(C)c(=O)c1C(=O)N1CCCC2(CC1)CC(=O)c1ccccc1O2. The minimum absolute atomic E-state index is 0.0925. The first kappa shape index (κ1) is 19.4. The Hall–Kier alpha value is -2.89. The summed E-state index contributed by atoms with van der Waals surface area (Å²) in [6.07, 6.45) is 2.34. The van der Waals surface area contributed by atoms with Gasteiger partial charge in [-0.3, -0.25) is 14.4 Å². The lowest BCUT2D eigenvalue weighted by molar-refractivity contribution is 0.0300. The van der Waals surface area contributed by atoms with E-state index in [4.69, 9.17) is 4.74 Å². The lowest BCUT2D eigenvalue weighted by atomic mass is 9.84. The fraction of sp³-hybridized carbons (Fsp3) is 0.435. The number of ether oxygens (including phenoxy) is 1. The molecule has 6 heteroatoms. The van der Waals surface area contributed by atoms with Gasteiger partial charge in [-0.1, -0.05) is 12.1 Å². The fourth-order valence-corrected chi connectivity index (χ4v) is 4.49. The monoisotopic (exact) mass is 394 g/mol. The predicted molar refractivity (Wildman–Crippen MR) is 110 cm³/mol. The van der Waals surface area contributed by atoms with Crippen molar-refractivity contribution in [3.63, 3.8) is 0 Å². The molecule has 29 heavy (non-hydrogen) atoms. The Bertz CT molecular complexity index is 1060. The van der Waals surface area contributed by atoms with E-state index in [-0.39, 0.29) is 22.8 Å². The van der Waals surface area contributed by atoms with Gasteiger partial charge < -0.3 is 14.2 Å². The minimum atomic E-state index is -0.576. The summed E-state index contributed by atoms with van der Waals surface area (Å²) < 4.78 is 7.82. The number of benzene rings is 1. The molecule has 2 aromatic rings. The molecule has 1 spiro atoms. The van der Waals surface area contributed by atoms with Gasteiger partial charge in [-0.05, 0) is 50.5 Å². The van der Waals surface area contributed by atoms with Gasteiger partial charge in [-0.25, -0.2) is 0 Å². The Morgan fingerprint density at radius 2 is 1.86 bits per heavy atom. The van der Waals surface area contributed by atoms with Gasteiger partial charge >= 0.3 is 0 Å². The number of nitrogens with zero attached hydrogens (tertiary/aromatic N) is 2. The summed E-state index contributed by atoms with van der Waals surface area (Å²) in [4.78, 5) is 40.3. The zero-order chi connectivity index (χ0) is 20.8. The molecule has 1 aromatic heterocycles. The maximum atomic E-state index is 13.2. The van der Waals surface area contributed by atoms with Crippen LogP contribution in [0.4, 0.5) is 0 Å². The van der Waals surface area contributed by atoms with Crippen LogP contribution >= 0.6 is 0 Å². The van der Waals surface area contributed by atoms with E-state index in [0.717, 1.165) is 12.1 Å². The van der Waals surface area contributed by atoms with Gasteiger partial charge in [0.15, 0.2) is 5.78 Å². The van der Waals surface area contributed by atoms with Crippen LogP contribution in [0.25, 0.3) is 0 Å². The average Bonchev–Trinajstić information content (AvgIpc) is 2.88. The lowest BCUT2D eigenvalue weighted by Gasteiger charge is -2.37. The first-order valence-corrected chi connectivity index (χ1v) is 10.1. The number of hydrogen-bond donors (Lipinski definition) is 0. The van der Waals surface area contributed by atoms with Crippen molar-refractivity contribution in [3.05, 3.63) is 63.1 Å². The molecule has 1 atom stereocenters. The first-order chi connectivity index (χ1) is 13.8. The Labute approximate surface area is 170 Å². The molecule has 0 radical (unpaired) electrons. The van der Waals surface area contributed by atoms with Gasteiger partial charge in [0.1, 0.15) is 16.9 Å². The number of likely N-dealkylation sites (tertiary alicyclic amines) is 1. The van der Waals surface area contributed by atoms with E-state index in [2.05, 4.69) is 0 Å². The number of para-hydroxylation sites is 1. The number of carbonyl (C=O) groups excluding carboxylic acids is 2. The number of Topliss-reactive ketones (excluding diaryl/α,β-unsaturated/α-hetero) is 1. The molecule has 1 amide bonds. The molecule has 2 aliphatic heterocycles. The van der Waals surface area contributed by atoms with Crippen molar-refractivity contribution in [2.45, 2.75) is 45.1 Å². The van der Waals surface area contributed by atoms with Gasteiger partial charge in [0, 0.05) is 32.3 Å². The standard InChI is InChI=1S/C23H26N2O4/c1-15-13-16(2)24(3)21(27)20(15)22(28)25-11-6-9-23(10-12-25)14-18(26)17-7-4-5-8-19(17)29-23/h4-5,7-8,13H,6,9-12,14H2,1-3H3. The maximum Gasteiger partial charge on any atom is 0.263 e. The van der Waals surface area contributed by atoms with Gasteiger partial charge in [0.05, 0.1) is 12.0 Å². The molecule has 152 valence electrons. The van der Waals surface area contributed by atoms with Gasteiger partial charge in [0.25, 0.3) is 11.5 Å². The normalized spacial score (nSPS) is 21.5. The van der Waals surface area contributed by atoms with Crippen molar-refractivity contribution < 1.29 is 14.3 Å². The second-order valence-corrected chi connectivity index (χ2v) is 8.23. The van der Waals surface area contributed by atoms with Crippen molar-refractivity contribution in [2.24, 2.45) is 7.05 Å². The number of aromatic nitrogens is 1. The summed E-state index contributed by atoms with van der Waals surface area (Å²) in [6.45, 7) is 4.68. The number of pyridine rings is 1. The van der Waals surface area contributed by atoms with Crippen LogP contribution in [0, 0.1) is 13.8 Å². The number of amides is 1. The van der Waals surface area contributed by atoms with Gasteiger partial charge in [-0.15, -0.1) is 0 Å². The third kappa shape index (κ3) is 3.37. The third-order valence-electron chi connectivity index (χ3n) is 6.26. The van der Waals surface area contributed by atoms with Crippen molar-refractivity contribution in [1.29, 1.82) is 0 Å². The van der Waals surface area contributed by atoms with Crippen LogP contribution < -0.4 is 10.3 Å². The molecule has 6 nitrogen and oxygen atoms in total. The molecule has 2 aliphatic rings. The molecule has 3 heterocycles. The van der Waals surface area contributed by atoms with Crippen molar-refractivity contribution in [3.8, 4) is 5.75 Å². The molecule has 4 rings (SSSR count). The Morgan fingerprint density at radius 3 is 2.66 bits per heavy atom. The zero-order valence-electron chi connectivity index (χ0n) is 17.2. The van der Waals surface area contributed by atoms with Crippen LogP contribution in [-0.4, -0.2) is 39.8 Å². The highest BCUT2D eigenvalue weighted by molar-refractivity contribution is 6.00.